The molecule has 3 aromatic rings. The summed E-state index contributed by atoms with van der Waals surface area (Å²) in [5, 5.41) is 2.53. The lowest BCUT2D eigenvalue weighted by Gasteiger charge is -2.32. The van der Waals surface area contributed by atoms with E-state index in [2.05, 4.69) is 5.32 Å². The van der Waals surface area contributed by atoms with Gasteiger partial charge in [0, 0.05) is 13.1 Å². The fraction of sp³-hybridized carbons (Fsp3) is 0.310. The minimum Gasteiger partial charge on any atom is -0.497 e. The van der Waals surface area contributed by atoms with Gasteiger partial charge in [0.2, 0.25) is 11.8 Å². The summed E-state index contributed by atoms with van der Waals surface area (Å²) in [6, 6.07) is 17.1. The molecule has 8 nitrogen and oxygen atoms in total. The lowest BCUT2D eigenvalue weighted by Crippen LogP contribution is -2.51. The Bertz CT molecular complexity index is 1440. The minimum absolute atomic E-state index is 0.00171. The summed E-state index contributed by atoms with van der Waals surface area (Å²) in [6.07, 6.45) is 0. The van der Waals surface area contributed by atoms with Crippen LogP contribution in [0.4, 0.5) is 10.1 Å². The first-order chi connectivity index (χ1) is 18.9. The van der Waals surface area contributed by atoms with Gasteiger partial charge in [0.15, 0.2) is 0 Å². The Hall–Kier alpha value is -3.63. The van der Waals surface area contributed by atoms with Gasteiger partial charge < -0.3 is 15.0 Å². The molecular weight excluding hydrogens is 557 g/mol. The Kier molecular flexibility index (Phi) is 10.5. The molecule has 0 fully saturated rings. The molecule has 0 spiro atoms. The van der Waals surface area contributed by atoms with E-state index in [9.17, 15) is 22.4 Å². The van der Waals surface area contributed by atoms with Gasteiger partial charge in [0.1, 0.15) is 24.2 Å². The van der Waals surface area contributed by atoms with E-state index >= 15 is 0 Å². The summed E-state index contributed by atoms with van der Waals surface area (Å²) in [6.45, 7) is 5.24. The monoisotopic (exact) mass is 589 g/mol. The van der Waals surface area contributed by atoms with Crippen molar-refractivity contribution in [3.8, 4) is 5.75 Å². The van der Waals surface area contributed by atoms with Crippen molar-refractivity contribution in [2.45, 2.75) is 38.3 Å². The first-order valence-electron chi connectivity index (χ1n) is 12.7. The normalized spacial score (nSPS) is 12.1. The van der Waals surface area contributed by atoms with E-state index in [1.165, 1.54) is 30.2 Å². The summed E-state index contributed by atoms with van der Waals surface area (Å²) in [5.41, 5.74) is 0.681. The van der Waals surface area contributed by atoms with Gasteiger partial charge in [-0.05, 0) is 60.9 Å². The van der Waals surface area contributed by atoms with Crippen LogP contribution < -0.4 is 14.4 Å². The largest absolute Gasteiger partial charge is 0.497 e. The van der Waals surface area contributed by atoms with E-state index in [-0.39, 0.29) is 34.0 Å². The fourth-order valence-corrected chi connectivity index (χ4v) is 5.49. The van der Waals surface area contributed by atoms with E-state index < -0.39 is 34.3 Å². The average molecular weight is 590 g/mol. The summed E-state index contributed by atoms with van der Waals surface area (Å²) < 4.78 is 47.6. The molecule has 0 aliphatic carbocycles. The SMILES string of the molecule is COc1cccc(CN(C(=O)CN(c2ccc(F)c(Cl)c2)S(=O)(=O)c2ccccc2)[C@H](C)C(=O)NCC(C)C)c1. The van der Waals surface area contributed by atoms with Gasteiger partial charge in [0.05, 0.1) is 22.7 Å². The number of amides is 2. The van der Waals surface area contributed by atoms with Gasteiger partial charge in [-0.2, -0.15) is 0 Å². The van der Waals surface area contributed by atoms with E-state index in [1.54, 1.807) is 49.4 Å². The van der Waals surface area contributed by atoms with Gasteiger partial charge in [0.25, 0.3) is 10.0 Å². The number of carbonyl (C=O) groups excluding carboxylic acids is 2. The molecule has 0 bridgehead atoms. The maximum atomic E-state index is 14.0. The zero-order valence-electron chi connectivity index (χ0n) is 22.8. The van der Waals surface area contributed by atoms with Crippen molar-refractivity contribution >= 4 is 39.1 Å². The van der Waals surface area contributed by atoms with Crippen LogP contribution >= 0.6 is 11.6 Å². The standard InChI is InChI=1S/C29H33ClFN3O5S/c1-20(2)17-32-29(36)21(3)33(18-22-9-8-10-24(15-22)39-4)28(35)19-34(23-13-14-27(31)26(30)16-23)40(37,38)25-11-6-5-7-12-25/h5-16,20-21H,17-19H2,1-4H3,(H,32,36)/t21-/m1/s1. The molecule has 0 saturated heterocycles. The van der Waals surface area contributed by atoms with E-state index in [4.69, 9.17) is 16.3 Å². The molecule has 0 aliphatic rings. The first kappa shape index (κ1) is 30.9. The number of hydrogen-bond donors (Lipinski definition) is 1. The molecule has 0 aliphatic heterocycles. The maximum Gasteiger partial charge on any atom is 0.264 e. The second-order valence-corrected chi connectivity index (χ2v) is 11.9. The highest BCUT2D eigenvalue weighted by atomic mass is 35.5. The highest BCUT2D eigenvalue weighted by molar-refractivity contribution is 7.92. The smallest absolute Gasteiger partial charge is 0.264 e. The quantitative estimate of drug-likeness (QED) is 0.325. The topological polar surface area (TPSA) is 96.0 Å². The number of nitrogens with one attached hydrogen (secondary N) is 1. The number of hydrogen-bond acceptors (Lipinski definition) is 5. The van der Waals surface area contributed by atoms with Gasteiger partial charge in [-0.1, -0.05) is 55.8 Å². The zero-order chi connectivity index (χ0) is 29.4. The number of benzene rings is 3. The van der Waals surface area contributed by atoms with Crippen LogP contribution in [0.3, 0.4) is 0 Å². The summed E-state index contributed by atoms with van der Waals surface area (Å²) >= 11 is 5.98. The van der Waals surface area contributed by atoms with Crippen molar-refractivity contribution in [2.24, 2.45) is 5.92 Å². The second-order valence-electron chi connectivity index (χ2n) is 9.61. The number of methoxy groups -OCH3 is 1. The van der Waals surface area contributed by atoms with Gasteiger partial charge in [-0.15, -0.1) is 0 Å². The molecule has 0 radical (unpaired) electrons. The highest BCUT2D eigenvalue weighted by Crippen LogP contribution is 2.28. The summed E-state index contributed by atoms with van der Waals surface area (Å²) in [7, 11) is -2.76. The summed E-state index contributed by atoms with van der Waals surface area (Å²) in [4.78, 5) is 28.2. The molecule has 2 amide bonds. The molecule has 1 N–H and O–H groups in total. The van der Waals surface area contributed by atoms with Crippen molar-refractivity contribution in [1.82, 2.24) is 10.2 Å². The van der Waals surface area contributed by atoms with E-state index in [0.717, 1.165) is 16.4 Å². The maximum absolute atomic E-state index is 14.0. The molecule has 214 valence electrons. The summed E-state index contributed by atoms with van der Waals surface area (Å²) in [5.74, 6) is -1.00. The third kappa shape index (κ3) is 7.73. The zero-order valence-corrected chi connectivity index (χ0v) is 24.4. The minimum atomic E-state index is -4.28. The number of halogens is 2. The fourth-order valence-electron chi connectivity index (χ4n) is 3.89. The molecular formula is C29H33ClFN3O5S. The predicted molar refractivity (Wildman–Crippen MR) is 153 cm³/mol. The lowest BCUT2D eigenvalue weighted by molar-refractivity contribution is -0.139. The molecule has 0 saturated carbocycles. The molecule has 3 rings (SSSR count). The molecule has 40 heavy (non-hydrogen) atoms. The number of nitrogens with zero attached hydrogens (tertiary/aromatic N) is 2. The van der Waals surface area contributed by atoms with E-state index in [0.29, 0.717) is 17.9 Å². The van der Waals surface area contributed by atoms with Crippen LogP contribution in [-0.2, 0) is 26.2 Å². The molecule has 0 heterocycles. The van der Waals surface area contributed by atoms with Crippen LogP contribution in [0.1, 0.15) is 26.3 Å². The van der Waals surface area contributed by atoms with Gasteiger partial charge in [-0.3, -0.25) is 13.9 Å². The van der Waals surface area contributed by atoms with Crippen molar-refractivity contribution in [3.05, 3.63) is 89.2 Å². The van der Waals surface area contributed by atoms with Crippen LogP contribution in [0.5, 0.6) is 5.75 Å². The number of sulfonamides is 1. The van der Waals surface area contributed by atoms with Crippen molar-refractivity contribution < 1.29 is 27.1 Å². The predicted octanol–water partition coefficient (Wildman–Crippen LogP) is 4.87. The third-order valence-corrected chi connectivity index (χ3v) is 8.22. The third-order valence-electron chi connectivity index (χ3n) is 6.14. The van der Waals surface area contributed by atoms with Crippen molar-refractivity contribution in [2.75, 3.05) is 24.5 Å². The molecule has 1 atom stereocenters. The molecule has 11 heteroatoms. The Morgan fingerprint density at radius 1 is 1.00 bits per heavy atom. The number of carbonyl (C=O) groups is 2. The van der Waals surface area contributed by atoms with Gasteiger partial charge in [-0.25, -0.2) is 12.8 Å². The van der Waals surface area contributed by atoms with Gasteiger partial charge >= 0.3 is 0 Å². The second kappa shape index (κ2) is 13.6. The lowest BCUT2D eigenvalue weighted by atomic mass is 10.1. The van der Waals surface area contributed by atoms with E-state index in [1.807, 2.05) is 13.8 Å². The average Bonchev–Trinajstić information content (AvgIpc) is 2.94. The van der Waals surface area contributed by atoms with Crippen LogP contribution in [0.25, 0.3) is 0 Å². The van der Waals surface area contributed by atoms with Crippen LogP contribution in [0, 0.1) is 11.7 Å². The molecule has 0 aromatic heterocycles. The number of anilines is 1. The Morgan fingerprint density at radius 3 is 2.33 bits per heavy atom. The highest BCUT2D eigenvalue weighted by Gasteiger charge is 2.32. The van der Waals surface area contributed by atoms with Crippen LogP contribution in [0.2, 0.25) is 5.02 Å². The molecule has 3 aromatic carbocycles. The Balaban J connectivity index is 2.03. The molecule has 0 unspecified atom stereocenters. The Labute approximate surface area is 239 Å². The van der Waals surface area contributed by atoms with Crippen molar-refractivity contribution in [3.63, 3.8) is 0 Å². The van der Waals surface area contributed by atoms with Crippen molar-refractivity contribution in [1.29, 1.82) is 0 Å². The van der Waals surface area contributed by atoms with Crippen LogP contribution in [0.15, 0.2) is 77.7 Å². The number of ether oxygens (including phenoxy) is 1. The first-order valence-corrected chi connectivity index (χ1v) is 14.5. The Morgan fingerprint density at radius 2 is 1.70 bits per heavy atom. The van der Waals surface area contributed by atoms with Crippen LogP contribution in [-0.4, -0.2) is 51.4 Å². The number of rotatable bonds is 12.